The maximum Gasteiger partial charge on any atom is 0.0473 e. The van der Waals surface area contributed by atoms with Crippen LogP contribution in [0.3, 0.4) is 0 Å². The molecule has 0 aliphatic carbocycles. The fourth-order valence-corrected chi connectivity index (χ4v) is 2.39. The minimum atomic E-state index is 0.0404. The molecule has 0 aromatic heterocycles. The normalized spacial score (nSPS) is 14.1. The Morgan fingerprint density at radius 3 is 2.18 bits per heavy atom. The van der Waals surface area contributed by atoms with Gasteiger partial charge in [-0.15, -0.1) is 0 Å². The van der Waals surface area contributed by atoms with E-state index < -0.39 is 0 Å². The second kappa shape index (κ2) is 9.92. The highest BCUT2D eigenvalue weighted by molar-refractivity contribution is 7.98. The highest BCUT2D eigenvalue weighted by Crippen LogP contribution is 2.11. The summed E-state index contributed by atoms with van der Waals surface area (Å²) in [6, 6.07) is 0.342. The Balaban J connectivity index is 4.15. The molecule has 0 bridgehead atoms. The molecule has 3 N–H and O–H groups in total. The molecule has 4 heteroatoms. The van der Waals surface area contributed by atoms with E-state index in [1.165, 1.54) is 0 Å². The summed E-state index contributed by atoms with van der Waals surface area (Å²) in [6.07, 6.45) is 6.26. The molecule has 0 rings (SSSR count). The summed E-state index contributed by atoms with van der Waals surface area (Å²) in [5, 5.41) is 3.42. The van der Waals surface area contributed by atoms with Crippen LogP contribution in [0, 0.1) is 0 Å². The van der Waals surface area contributed by atoms with Crippen molar-refractivity contribution in [1.29, 1.82) is 0 Å². The summed E-state index contributed by atoms with van der Waals surface area (Å²) in [6.45, 7) is 10.1. The average molecular weight is 274 g/mol. The van der Waals surface area contributed by atoms with E-state index in [2.05, 4.69) is 37.9 Å². The lowest BCUT2D eigenvalue weighted by molar-refractivity contribution is 0.574. The van der Waals surface area contributed by atoms with Crippen LogP contribution >= 0.6 is 23.5 Å². The third-order valence-electron chi connectivity index (χ3n) is 2.65. The van der Waals surface area contributed by atoms with Crippen molar-refractivity contribution in [2.45, 2.75) is 31.8 Å². The molecule has 0 aliphatic heterocycles. The van der Waals surface area contributed by atoms with Crippen LogP contribution in [0.4, 0.5) is 0 Å². The van der Waals surface area contributed by atoms with Crippen molar-refractivity contribution < 1.29 is 0 Å². The molecule has 100 valence electrons. The lowest BCUT2D eigenvalue weighted by atomic mass is 10.1. The zero-order chi connectivity index (χ0) is 13.3. The predicted octanol–water partition coefficient (Wildman–Crippen LogP) is 2.87. The first-order valence-corrected chi connectivity index (χ1v) is 8.65. The van der Waals surface area contributed by atoms with Crippen LogP contribution in [0.2, 0.25) is 0 Å². The molecule has 0 amide bonds. The molecule has 0 aromatic carbocycles. The topological polar surface area (TPSA) is 38.0 Å². The van der Waals surface area contributed by atoms with Gasteiger partial charge in [0.1, 0.15) is 0 Å². The second-order valence-electron chi connectivity index (χ2n) is 4.24. The average Bonchev–Trinajstić information content (AvgIpc) is 2.30. The van der Waals surface area contributed by atoms with Crippen molar-refractivity contribution in [3.8, 4) is 0 Å². The molecule has 0 spiro atoms. The van der Waals surface area contributed by atoms with E-state index in [1.54, 1.807) is 0 Å². The van der Waals surface area contributed by atoms with Gasteiger partial charge < -0.3 is 11.1 Å². The van der Waals surface area contributed by atoms with Gasteiger partial charge in [-0.25, -0.2) is 0 Å². The number of thioether (sulfide) groups is 2. The fraction of sp³-hybridized carbons (Fsp3) is 0.692. The van der Waals surface area contributed by atoms with Crippen LogP contribution in [0.1, 0.15) is 19.8 Å². The number of hydrogen-bond donors (Lipinski definition) is 2. The molecular formula is C13H26N2S2. The summed E-state index contributed by atoms with van der Waals surface area (Å²) in [4.78, 5) is 0. The minimum absolute atomic E-state index is 0.0404. The molecule has 17 heavy (non-hydrogen) atoms. The fourth-order valence-electron chi connectivity index (χ4n) is 1.43. The Morgan fingerprint density at radius 2 is 1.71 bits per heavy atom. The quantitative estimate of drug-likeness (QED) is 0.601. The maximum absolute atomic E-state index is 6.07. The Morgan fingerprint density at radius 1 is 1.18 bits per heavy atom. The Bertz CT molecular complexity index is 242. The third kappa shape index (κ3) is 7.79. The second-order valence-corrected chi connectivity index (χ2v) is 6.21. The maximum atomic E-state index is 6.07. The molecule has 0 saturated carbocycles. The van der Waals surface area contributed by atoms with Crippen molar-refractivity contribution in [2.75, 3.05) is 24.0 Å². The monoisotopic (exact) mass is 274 g/mol. The predicted molar refractivity (Wildman–Crippen MR) is 84.9 cm³/mol. The molecule has 2 nitrogen and oxygen atoms in total. The minimum Gasteiger partial charge on any atom is -0.381 e. The Kier molecular flexibility index (Phi) is 9.88. The molecule has 0 heterocycles. The van der Waals surface area contributed by atoms with E-state index in [0.717, 1.165) is 35.6 Å². The SMILES string of the molecule is C=C(C)[C@H](CCSC)NC(=C)[C@@H](N)CCSC. The van der Waals surface area contributed by atoms with E-state index in [0.29, 0.717) is 6.04 Å². The number of nitrogens with two attached hydrogens (primary N) is 1. The molecule has 0 saturated heterocycles. The van der Waals surface area contributed by atoms with E-state index >= 15 is 0 Å². The van der Waals surface area contributed by atoms with Crippen molar-refractivity contribution in [3.05, 3.63) is 24.4 Å². The van der Waals surface area contributed by atoms with Crippen molar-refractivity contribution in [2.24, 2.45) is 5.73 Å². The van der Waals surface area contributed by atoms with Gasteiger partial charge in [0.2, 0.25) is 0 Å². The number of nitrogens with one attached hydrogen (secondary N) is 1. The first-order valence-electron chi connectivity index (χ1n) is 5.87. The Hall–Kier alpha value is -0.0600. The van der Waals surface area contributed by atoms with Gasteiger partial charge in [-0.1, -0.05) is 18.7 Å². The van der Waals surface area contributed by atoms with Crippen molar-refractivity contribution >= 4 is 23.5 Å². The summed E-state index contributed by atoms with van der Waals surface area (Å²) in [5.74, 6) is 2.20. The van der Waals surface area contributed by atoms with E-state index in [1.807, 2.05) is 23.5 Å². The van der Waals surface area contributed by atoms with Crippen LogP contribution in [-0.4, -0.2) is 36.1 Å². The van der Waals surface area contributed by atoms with Gasteiger partial charge in [0, 0.05) is 17.8 Å². The van der Waals surface area contributed by atoms with Crippen LogP contribution in [0.5, 0.6) is 0 Å². The van der Waals surface area contributed by atoms with Crippen molar-refractivity contribution in [1.82, 2.24) is 5.32 Å². The van der Waals surface area contributed by atoms with Gasteiger partial charge in [-0.05, 0) is 43.8 Å². The van der Waals surface area contributed by atoms with Gasteiger partial charge in [0.15, 0.2) is 0 Å². The molecule has 2 atom stereocenters. The molecule has 0 aromatic rings. The van der Waals surface area contributed by atoms with Gasteiger partial charge in [-0.3, -0.25) is 0 Å². The van der Waals surface area contributed by atoms with Gasteiger partial charge in [-0.2, -0.15) is 23.5 Å². The number of hydrogen-bond acceptors (Lipinski definition) is 4. The van der Waals surface area contributed by atoms with Crippen LogP contribution in [-0.2, 0) is 0 Å². The molecule has 0 fully saturated rings. The van der Waals surface area contributed by atoms with Gasteiger partial charge in [0.25, 0.3) is 0 Å². The molecular weight excluding hydrogens is 248 g/mol. The standard InChI is InChI=1S/C13H26N2S2/c1-10(2)13(7-9-17-5)15-11(3)12(14)6-8-16-4/h12-13,15H,1,3,6-9,14H2,2,4-5H3/t12-,13-/m0/s1. The van der Waals surface area contributed by atoms with Crippen LogP contribution in [0.15, 0.2) is 24.4 Å². The summed E-state index contributed by atoms with van der Waals surface area (Å²) in [7, 11) is 0. The van der Waals surface area contributed by atoms with Crippen molar-refractivity contribution in [3.63, 3.8) is 0 Å². The zero-order valence-electron chi connectivity index (χ0n) is 11.3. The first-order chi connectivity index (χ1) is 8.02. The Labute approximate surface area is 115 Å². The van der Waals surface area contributed by atoms with E-state index in [4.69, 9.17) is 5.73 Å². The third-order valence-corrected chi connectivity index (χ3v) is 3.93. The summed E-state index contributed by atoms with van der Waals surface area (Å²) < 4.78 is 0. The summed E-state index contributed by atoms with van der Waals surface area (Å²) >= 11 is 3.67. The molecule has 0 unspecified atom stereocenters. The lowest BCUT2D eigenvalue weighted by Gasteiger charge is -2.24. The smallest absolute Gasteiger partial charge is 0.0473 e. The molecule has 0 aliphatic rings. The van der Waals surface area contributed by atoms with Gasteiger partial charge in [0.05, 0.1) is 0 Å². The van der Waals surface area contributed by atoms with E-state index in [9.17, 15) is 0 Å². The van der Waals surface area contributed by atoms with Crippen LogP contribution < -0.4 is 11.1 Å². The van der Waals surface area contributed by atoms with Crippen LogP contribution in [0.25, 0.3) is 0 Å². The zero-order valence-corrected chi connectivity index (χ0v) is 12.9. The van der Waals surface area contributed by atoms with Gasteiger partial charge >= 0.3 is 0 Å². The summed E-state index contributed by atoms with van der Waals surface area (Å²) in [5.41, 5.74) is 8.16. The molecule has 0 radical (unpaired) electrons. The lowest BCUT2D eigenvalue weighted by Crippen LogP contribution is -2.38. The largest absolute Gasteiger partial charge is 0.381 e. The highest BCUT2D eigenvalue weighted by Gasteiger charge is 2.13. The highest BCUT2D eigenvalue weighted by atomic mass is 32.2. The first kappa shape index (κ1) is 16.9. The van der Waals surface area contributed by atoms with E-state index in [-0.39, 0.29) is 6.04 Å². The number of rotatable bonds is 10.